The number of nitro benzene ring substituents is 1. The number of aromatic nitrogens is 2. The van der Waals surface area contributed by atoms with Crippen molar-refractivity contribution in [2.75, 3.05) is 0 Å². The van der Waals surface area contributed by atoms with E-state index in [4.69, 9.17) is 14.4 Å². The highest BCUT2D eigenvalue weighted by Crippen LogP contribution is 2.38. The number of rotatable bonds is 6. The molecular weight excluding hydrogens is 278 g/mol. The molecule has 0 unspecified atom stereocenters. The quantitative estimate of drug-likeness (QED) is 0.639. The molecule has 2 aromatic rings. The summed E-state index contributed by atoms with van der Waals surface area (Å²) >= 11 is 0. The maximum absolute atomic E-state index is 10.9. The van der Waals surface area contributed by atoms with Crippen LogP contribution in [0.3, 0.4) is 0 Å². The van der Waals surface area contributed by atoms with Gasteiger partial charge in [0.15, 0.2) is 12.4 Å². The van der Waals surface area contributed by atoms with Crippen LogP contribution in [-0.4, -0.2) is 20.2 Å². The predicted octanol–water partition coefficient (Wildman–Crippen LogP) is 1.93. The molecular formula is C13H13N3O5. The van der Waals surface area contributed by atoms with Crippen molar-refractivity contribution in [2.24, 2.45) is 0 Å². The van der Waals surface area contributed by atoms with Crippen molar-refractivity contribution in [3.63, 3.8) is 0 Å². The van der Waals surface area contributed by atoms with Crippen molar-refractivity contribution >= 4 is 5.69 Å². The molecule has 1 aliphatic rings. The SMILES string of the molecule is O=[N+]([O-])c1ccc(CO)cc1OCc1noc(C2CC2)n1. The molecule has 0 radical (unpaired) electrons. The average molecular weight is 291 g/mol. The van der Waals surface area contributed by atoms with Crippen LogP contribution in [0, 0.1) is 10.1 Å². The smallest absolute Gasteiger partial charge is 0.310 e. The van der Waals surface area contributed by atoms with Gasteiger partial charge in [0.05, 0.1) is 11.5 Å². The zero-order chi connectivity index (χ0) is 14.8. The Bertz CT molecular complexity index is 666. The van der Waals surface area contributed by atoms with E-state index in [1.807, 2.05) is 0 Å². The lowest BCUT2D eigenvalue weighted by atomic mass is 10.2. The number of aliphatic hydroxyl groups excluding tert-OH is 1. The minimum Gasteiger partial charge on any atom is -0.478 e. The Kier molecular flexibility index (Phi) is 3.53. The molecule has 1 saturated carbocycles. The molecule has 3 rings (SSSR count). The molecule has 0 bridgehead atoms. The van der Waals surface area contributed by atoms with Crippen molar-refractivity contribution in [3.8, 4) is 5.75 Å². The highest BCUT2D eigenvalue weighted by molar-refractivity contribution is 5.48. The van der Waals surface area contributed by atoms with Crippen molar-refractivity contribution in [1.82, 2.24) is 10.1 Å². The molecule has 1 aliphatic carbocycles. The lowest BCUT2D eigenvalue weighted by Gasteiger charge is -2.05. The molecule has 1 N–H and O–H groups in total. The predicted molar refractivity (Wildman–Crippen MR) is 69.6 cm³/mol. The normalized spacial score (nSPS) is 14.1. The van der Waals surface area contributed by atoms with Crippen LogP contribution in [0.15, 0.2) is 22.7 Å². The summed E-state index contributed by atoms with van der Waals surface area (Å²) in [5.74, 6) is 1.36. The Labute approximate surface area is 119 Å². The fourth-order valence-electron chi connectivity index (χ4n) is 1.89. The van der Waals surface area contributed by atoms with Crippen LogP contribution < -0.4 is 4.74 Å². The van der Waals surface area contributed by atoms with Gasteiger partial charge in [0.2, 0.25) is 11.7 Å². The third-order valence-corrected chi connectivity index (χ3v) is 3.17. The van der Waals surface area contributed by atoms with Gasteiger partial charge in [0.1, 0.15) is 0 Å². The zero-order valence-corrected chi connectivity index (χ0v) is 11.1. The summed E-state index contributed by atoms with van der Waals surface area (Å²) < 4.78 is 10.5. The molecule has 110 valence electrons. The minimum absolute atomic E-state index is 0.0219. The number of nitrogens with zero attached hydrogens (tertiary/aromatic N) is 3. The molecule has 0 saturated heterocycles. The van der Waals surface area contributed by atoms with Gasteiger partial charge in [-0.05, 0) is 30.5 Å². The Morgan fingerprint density at radius 2 is 2.29 bits per heavy atom. The fourth-order valence-corrected chi connectivity index (χ4v) is 1.89. The first-order valence-electron chi connectivity index (χ1n) is 6.51. The van der Waals surface area contributed by atoms with Crippen molar-refractivity contribution < 1.29 is 19.3 Å². The topological polar surface area (TPSA) is 112 Å². The summed E-state index contributed by atoms with van der Waals surface area (Å²) in [5.41, 5.74) is 0.362. The molecule has 0 atom stereocenters. The highest BCUT2D eigenvalue weighted by Gasteiger charge is 2.29. The lowest BCUT2D eigenvalue weighted by Crippen LogP contribution is -2.01. The summed E-state index contributed by atoms with van der Waals surface area (Å²) in [5, 5.41) is 23.8. The maximum atomic E-state index is 10.9. The van der Waals surface area contributed by atoms with Crippen molar-refractivity contribution in [2.45, 2.75) is 32.0 Å². The van der Waals surface area contributed by atoms with Crippen LogP contribution in [0.4, 0.5) is 5.69 Å². The Morgan fingerprint density at radius 1 is 1.48 bits per heavy atom. The number of nitro groups is 1. The molecule has 1 aromatic heterocycles. The molecule has 1 heterocycles. The first-order valence-corrected chi connectivity index (χ1v) is 6.51. The summed E-state index contributed by atoms with van der Waals surface area (Å²) in [6, 6.07) is 4.21. The lowest BCUT2D eigenvalue weighted by molar-refractivity contribution is -0.386. The van der Waals surface area contributed by atoms with Crippen LogP contribution in [-0.2, 0) is 13.2 Å². The highest BCUT2D eigenvalue weighted by atomic mass is 16.6. The minimum atomic E-state index is -0.539. The van der Waals surface area contributed by atoms with E-state index in [1.54, 1.807) is 0 Å². The third kappa shape index (κ3) is 3.00. The van der Waals surface area contributed by atoms with Crippen LogP contribution in [0.5, 0.6) is 5.75 Å². The maximum Gasteiger partial charge on any atom is 0.310 e. The van der Waals surface area contributed by atoms with E-state index in [-0.39, 0.29) is 24.7 Å². The number of aliphatic hydroxyl groups is 1. The van der Waals surface area contributed by atoms with E-state index in [1.165, 1.54) is 18.2 Å². The van der Waals surface area contributed by atoms with Gasteiger partial charge >= 0.3 is 5.69 Å². The molecule has 1 aromatic carbocycles. The van der Waals surface area contributed by atoms with Gasteiger partial charge < -0.3 is 14.4 Å². The standard InChI is InChI=1S/C13H13N3O5/c17-6-8-1-4-10(16(18)19)11(5-8)20-7-12-14-13(21-15-12)9-2-3-9/h1,4-5,9,17H,2-3,6-7H2. The van der Waals surface area contributed by atoms with E-state index >= 15 is 0 Å². The zero-order valence-electron chi connectivity index (χ0n) is 11.1. The molecule has 0 aliphatic heterocycles. The molecule has 21 heavy (non-hydrogen) atoms. The second-order valence-electron chi connectivity index (χ2n) is 4.83. The van der Waals surface area contributed by atoms with Gasteiger partial charge in [-0.3, -0.25) is 10.1 Å². The van der Waals surface area contributed by atoms with E-state index in [9.17, 15) is 10.1 Å². The van der Waals surface area contributed by atoms with E-state index < -0.39 is 4.92 Å². The fraction of sp³-hybridized carbons (Fsp3) is 0.385. The molecule has 8 nitrogen and oxygen atoms in total. The van der Waals surface area contributed by atoms with Crippen molar-refractivity contribution in [3.05, 3.63) is 45.6 Å². The van der Waals surface area contributed by atoms with Gasteiger partial charge in [-0.25, -0.2) is 0 Å². The van der Waals surface area contributed by atoms with Gasteiger partial charge in [-0.2, -0.15) is 4.98 Å². The summed E-state index contributed by atoms with van der Waals surface area (Å²) in [7, 11) is 0. The summed E-state index contributed by atoms with van der Waals surface area (Å²) in [4.78, 5) is 14.6. The van der Waals surface area contributed by atoms with Crippen LogP contribution in [0.1, 0.15) is 36.0 Å². The van der Waals surface area contributed by atoms with Crippen LogP contribution in [0.2, 0.25) is 0 Å². The number of ether oxygens (including phenoxy) is 1. The van der Waals surface area contributed by atoms with Crippen LogP contribution >= 0.6 is 0 Å². The van der Waals surface area contributed by atoms with E-state index in [0.717, 1.165) is 12.8 Å². The first kappa shape index (κ1) is 13.5. The Balaban J connectivity index is 1.74. The molecule has 0 amide bonds. The molecule has 0 spiro atoms. The Morgan fingerprint density at radius 3 is 2.95 bits per heavy atom. The largest absolute Gasteiger partial charge is 0.478 e. The number of hydrogen-bond donors (Lipinski definition) is 1. The van der Waals surface area contributed by atoms with Crippen LogP contribution in [0.25, 0.3) is 0 Å². The van der Waals surface area contributed by atoms with E-state index in [0.29, 0.717) is 23.2 Å². The first-order chi connectivity index (χ1) is 10.2. The summed E-state index contributed by atoms with van der Waals surface area (Å²) in [6.45, 7) is -0.242. The van der Waals surface area contributed by atoms with E-state index in [2.05, 4.69) is 10.1 Å². The second-order valence-corrected chi connectivity index (χ2v) is 4.83. The second kappa shape index (κ2) is 5.49. The van der Waals surface area contributed by atoms with Gasteiger partial charge in [0, 0.05) is 12.0 Å². The monoisotopic (exact) mass is 291 g/mol. The number of benzene rings is 1. The Hall–Kier alpha value is -2.48. The van der Waals surface area contributed by atoms with Gasteiger partial charge in [-0.1, -0.05) is 5.16 Å². The van der Waals surface area contributed by atoms with Gasteiger partial charge in [-0.15, -0.1) is 0 Å². The average Bonchev–Trinajstić information content (AvgIpc) is 3.23. The summed E-state index contributed by atoms with van der Waals surface area (Å²) in [6.07, 6.45) is 2.10. The molecule has 8 heteroatoms. The molecule has 1 fully saturated rings. The third-order valence-electron chi connectivity index (χ3n) is 3.17. The number of hydrogen-bond acceptors (Lipinski definition) is 7. The van der Waals surface area contributed by atoms with Gasteiger partial charge in [0.25, 0.3) is 0 Å². The van der Waals surface area contributed by atoms with Crippen molar-refractivity contribution in [1.29, 1.82) is 0 Å².